The van der Waals surface area contributed by atoms with E-state index < -0.39 is 0 Å². The first-order valence-electron chi connectivity index (χ1n) is 8.16. The number of fused-ring (bicyclic) bond motifs is 1. The Morgan fingerprint density at radius 2 is 1.96 bits per heavy atom. The highest BCUT2D eigenvalue weighted by molar-refractivity contribution is 5.81. The number of ether oxygens (including phenoxy) is 1. The number of imidazole rings is 1. The number of hydrogen-bond donors (Lipinski definition) is 2. The minimum atomic E-state index is -0.205. The van der Waals surface area contributed by atoms with Crippen LogP contribution in [0.2, 0.25) is 0 Å². The fourth-order valence-electron chi connectivity index (χ4n) is 2.87. The van der Waals surface area contributed by atoms with Crippen LogP contribution in [0.4, 0.5) is 0 Å². The fraction of sp³-hybridized carbons (Fsp3) is 0.263. The van der Waals surface area contributed by atoms with Crippen molar-refractivity contribution < 1.29 is 14.6 Å². The SMILES string of the molecule is COc1ccccc1CCNC(=O)Cn1c(CO)nc2ccccc21. The zero-order valence-corrected chi connectivity index (χ0v) is 14.1. The molecule has 1 amide bonds. The average Bonchev–Trinajstić information content (AvgIpc) is 3.00. The zero-order chi connectivity index (χ0) is 17.6. The first kappa shape index (κ1) is 17.0. The Bertz CT molecular complexity index is 873. The molecule has 2 N–H and O–H groups in total. The Kier molecular flexibility index (Phi) is 5.30. The van der Waals surface area contributed by atoms with Crippen LogP contribution in [0.5, 0.6) is 5.75 Å². The number of nitrogens with zero attached hydrogens (tertiary/aromatic N) is 2. The number of hydrogen-bond acceptors (Lipinski definition) is 4. The summed E-state index contributed by atoms with van der Waals surface area (Å²) in [4.78, 5) is 16.6. The molecule has 3 rings (SSSR count). The molecule has 0 saturated heterocycles. The molecule has 0 radical (unpaired) electrons. The molecule has 25 heavy (non-hydrogen) atoms. The van der Waals surface area contributed by atoms with Crippen molar-refractivity contribution in [3.63, 3.8) is 0 Å². The molecule has 0 spiro atoms. The van der Waals surface area contributed by atoms with E-state index in [1.165, 1.54) is 0 Å². The number of para-hydroxylation sites is 3. The standard InChI is InChI=1S/C19H21N3O3/c1-25-17-9-5-2-6-14(17)10-11-20-19(24)12-22-16-8-4-3-7-15(16)21-18(22)13-23/h2-9,23H,10-13H2,1H3,(H,20,24). The summed E-state index contributed by atoms with van der Waals surface area (Å²) in [5.41, 5.74) is 2.66. The van der Waals surface area contributed by atoms with Gasteiger partial charge in [0.05, 0.1) is 18.1 Å². The highest BCUT2D eigenvalue weighted by Crippen LogP contribution is 2.18. The van der Waals surface area contributed by atoms with Crippen LogP contribution in [0, 0.1) is 0 Å². The van der Waals surface area contributed by atoms with Gasteiger partial charge in [-0.15, -0.1) is 0 Å². The number of carbonyl (C=O) groups excluding carboxylic acids is 1. The Morgan fingerprint density at radius 3 is 2.76 bits per heavy atom. The number of aliphatic hydroxyl groups is 1. The van der Waals surface area contributed by atoms with Crippen LogP contribution in [0.25, 0.3) is 11.0 Å². The van der Waals surface area contributed by atoms with Gasteiger partial charge in [-0.3, -0.25) is 4.79 Å². The van der Waals surface area contributed by atoms with Crippen molar-refractivity contribution >= 4 is 16.9 Å². The summed E-state index contributed by atoms with van der Waals surface area (Å²) in [5, 5.41) is 12.4. The number of carbonyl (C=O) groups is 1. The molecule has 0 atom stereocenters. The van der Waals surface area contributed by atoms with E-state index in [9.17, 15) is 9.90 Å². The topological polar surface area (TPSA) is 76.4 Å². The van der Waals surface area contributed by atoms with Crippen molar-refractivity contribution in [3.8, 4) is 5.75 Å². The smallest absolute Gasteiger partial charge is 0.240 e. The van der Waals surface area contributed by atoms with Crippen LogP contribution in [-0.4, -0.2) is 34.2 Å². The molecule has 6 heteroatoms. The Balaban J connectivity index is 1.63. The van der Waals surface area contributed by atoms with E-state index >= 15 is 0 Å². The summed E-state index contributed by atoms with van der Waals surface area (Å²) < 4.78 is 7.06. The van der Waals surface area contributed by atoms with Gasteiger partial charge in [0.25, 0.3) is 0 Å². The molecule has 0 fully saturated rings. The third-order valence-electron chi connectivity index (χ3n) is 4.09. The van der Waals surface area contributed by atoms with Crippen LogP contribution in [0.1, 0.15) is 11.4 Å². The van der Waals surface area contributed by atoms with E-state index in [1.54, 1.807) is 11.7 Å². The maximum absolute atomic E-state index is 12.3. The van der Waals surface area contributed by atoms with E-state index in [4.69, 9.17) is 4.74 Å². The maximum Gasteiger partial charge on any atom is 0.240 e. The molecule has 0 aliphatic heterocycles. The lowest BCUT2D eigenvalue weighted by molar-refractivity contribution is -0.121. The quantitative estimate of drug-likeness (QED) is 0.689. The van der Waals surface area contributed by atoms with Gasteiger partial charge in [-0.25, -0.2) is 4.98 Å². The van der Waals surface area contributed by atoms with Gasteiger partial charge in [-0.1, -0.05) is 30.3 Å². The summed E-state index contributed by atoms with van der Waals surface area (Å²) in [6, 6.07) is 15.3. The predicted octanol–water partition coefficient (Wildman–Crippen LogP) is 1.90. The molecule has 0 unspecified atom stereocenters. The largest absolute Gasteiger partial charge is 0.496 e. The molecule has 0 aliphatic rings. The Morgan fingerprint density at radius 1 is 1.20 bits per heavy atom. The second-order valence-corrected chi connectivity index (χ2v) is 5.67. The average molecular weight is 339 g/mol. The minimum absolute atomic E-state index is 0.118. The van der Waals surface area contributed by atoms with Gasteiger partial charge < -0.3 is 19.7 Å². The maximum atomic E-state index is 12.3. The molecule has 0 saturated carbocycles. The third kappa shape index (κ3) is 3.80. The lowest BCUT2D eigenvalue weighted by Crippen LogP contribution is -2.30. The number of benzene rings is 2. The summed E-state index contributed by atoms with van der Waals surface area (Å²) >= 11 is 0. The van der Waals surface area contributed by atoms with Crippen molar-refractivity contribution in [1.82, 2.24) is 14.9 Å². The molecule has 6 nitrogen and oxygen atoms in total. The summed E-state index contributed by atoms with van der Waals surface area (Å²) in [6.07, 6.45) is 0.688. The first-order valence-corrected chi connectivity index (χ1v) is 8.16. The van der Waals surface area contributed by atoms with Gasteiger partial charge in [0.1, 0.15) is 24.7 Å². The van der Waals surface area contributed by atoms with Crippen LogP contribution in [0.3, 0.4) is 0 Å². The monoisotopic (exact) mass is 339 g/mol. The van der Waals surface area contributed by atoms with Crippen molar-refractivity contribution in [2.45, 2.75) is 19.6 Å². The highest BCUT2D eigenvalue weighted by atomic mass is 16.5. The molecular weight excluding hydrogens is 318 g/mol. The second kappa shape index (κ2) is 7.81. The number of nitrogens with one attached hydrogen (secondary N) is 1. The number of rotatable bonds is 7. The van der Waals surface area contributed by atoms with Gasteiger partial charge in [0.2, 0.25) is 5.91 Å². The van der Waals surface area contributed by atoms with Gasteiger partial charge in [-0.05, 0) is 30.2 Å². The number of aliphatic hydroxyl groups excluding tert-OH is 1. The van der Waals surface area contributed by atoms with Crippen molar-refractivity contribution in [2.24, 2.45) is 0 Å². The zero-order valence-electron chi connectivity index (χ0n) is 14.1. The number of aromatic nitrogens is 2. The number of methoxy groups -OCH3 is 1. The van der Waals surface area contributed by atoms with Crippen molar-refractivity contribution in [2.75, 3.05) is 13.7 Å². The van der Waals surface area contributed by atoms with E-state index in [0.717, 1.165) is 22.3 Å². The fourth-order valence-corrected chi connectivity index (χ4v) is 2.87. The summed E-state index contributed by atoms with van der Waals surface area (Å²) in [5.74, 6) is 1.19. The molecule has 3 aromatic rings. The summed E-state index contributed by atoms with van der Waals surface area (Å²) in [7, 11) is 1.64. The van der Waals surface area contributed by atoms with Gasteiger partial charge in [0, 0.05) is 6.54 Å². The normalized spacial score (nSPS) is 10.8. The molecule has 0 bridgehead atoms. The van der Waals surface area contributed by atoms with E-state index in [2.05, 4.69) is 10.3 Å². The van der Waals surface area contributed by atoms with Crippen LogP contribution in [0.15, 0.2) is 48.5 Å². The molecule has 1 aromatic heterocycles. The molecule has 1 heterocycles. The van der Waals surface area contributed by atoms with E-state index in [-0.39, 0.29) is 19.1 Å². The molecular formula is C19H21N3O3. The molecule has 2 aromatic carbocycles. The Labute approximate surface area is 146 Å². The molecule has 0 aliphatic carbocycles. The van der Waals surface area contributed by atoms with Crippen LogP contribution in [-0.2, 0) is 24.4 Å². The van der Waals surface area contributed by atoms with E-state index in [1.807, 2.05) is 48.5 Å². The van der Waals surface area contributed by atoms with Gasteiger partial charge >= 0.3 is 0 Å². The Hall–Kier alpha value is -2.86. The first-order chi connectivity index (χ1) is 12.2. The second-order valence-electron chi connectivity index (χ2n) is 5.67. The lowest BCUT2D eigenvalue weighted by atomic mass is 10.1. The van der Waals surface area contributed by atoms with Crippen LogP contribution < -0.4 is 10.1 Å². The molecule has 130 valence electrons. The van der Waals surface area contributed by atoms with Gasteiger partial charge in [-0.2, -0.15) is 0 Å². The van der Waals surface area contributed by atoms with Crippen LogP contribution >= 0.6 is 0 Å². The van der Waals surface area contributed by atoms with Gasteiger partial charge in [0.15, 0.2) is 0 Å². The highest BCUT2D eigenvalue weighted by Gasteiger charge is 2.12. The predicted molar refractivity (Wildman–Crippen MR) is 95.4 cm³/mol. The van der Waals surface area contributed by atoms with E-state index in [0.29, 0.717) is 18.8 Å². The number of amides is 1. The van der Waals surface area contributed by atoms with Crippen molar-refractivity contribution in [1.29, 1.82) is 0 Å². The third-order valence-corrected chi connectivity index (χ3v) is 4.09. The van der Waals surface area contributed by atoms with Crippen molar-refractivity contribution in [3.05, 3.63) is 59.9 Å². The lowest BCUT2D eigenvalue weighted by Gasteiger charge is -2.11. The minimum Gasteiger partial charge on any atom is -0.496 e. The summed E-state index contributed by atoms with van der Waals surface area (Å²) in [6.45, 7) is 0.436.